The molecule has 27 heavy (non-hydrogen) atoms. The van der Waals surface area contributed by atoms with Crippen molar-refractivity contribution in [3.8, 4) is 11.5 Å². The Hall–Kier alpha value is -3.60. The second-order valence-corrected chi connectivity index (χ2v) is 6.22. The van der Waals surface area contributed by atoms with Crippen LogP contribution >= 0.6 is 0 Å². The maximum absolute atomic E-state index is 12.5. The maximum atomic E-state index is 12.5. The molecule has 0 bridgehead atoms. The van der Waals surface area contributed by atoms with Crippen LogP contribution < -0.4 is 10.1 Å². The van der Waals surface area contributed by atoms with Crippen LogP contribution in [0.4, 0.5) is 5.69 Å². The summed E-state index contributed by atoms with van der Waals surface area (Å²) in [6, 6.07) is 24.7. The van der Waals surface area contributed by atoms with Crippen LogP contribution in [0.2, 0.25) is 0 Å². The minimum absolute atomic E-state index is 0.0991. The molecule has 0 spiro atoms. The van der Waals surface area contributed by atoms with E-state index in [1.807, 2.05) is 90.4 Å². The Labute approximate surface area is 157 Å². The summed E-state index contributed by atoms with van der Waals surface area (Å²) in [6.45, 7) is 2.12. The normalized spacial score (nSPS) is 10.7. The lowest BCUT2D eigenvalue weighted by Gasteiger charge is -2.10. The number of benzene rings is 3. The number of rotatable bonds is 5. The van der Waals surface area contributed by atoms with E-state index in [9.17, 15) is 4.79 Å². The van der Waals surface area contributed by atoms with Crippen molar-refractivity contribution in [1.82, 2.24) is 9.55 Å². The van der Waals surface area contributed by atoms with Gasteiger partial charge in [0.1, 0.15) is 23.9 Å². The number of para-hydroxylation sites is 3. The molecule has 5 heteroatoms. The summed E-state index contributed by atoms with van der Waals surface area (Å²) < 4.78 is 7.68. The number of anilines is 1. The zero-order valence-corrected chi connectivity index (χ0v) is 14.9. The molecule has 0 unspecified atom stereocenters. The highest BCUT2D eigenvalue weighted by atomic mass is 16.5. The number of amides is 1. The highest BCUT2D eigenvalue weighted by Crippen LogP contribution is 2.23. The average Bonchev–Trinajstić information content (AvgIpc) is 2.99. The van der Waals surface area contributed by atoms with Gasteiger partial charge in [0.25, 0.3) is 0 Å². The van der Waals surface area contributed by atoms with E-state index in [2.05, 4.69) is 10.3 Å². The Bertz CT molecular complexity index is 1070. The van der Waals surface area contributed by atoms with E-state index in [0.717, 1.165) is 34.0 Å². The first-order valence-electron chi connectivity index (χ1n) is 8.74. The van der Waals surface area contributed by atoms with E-state index in [4.69, 9.17) is 4.74 Å². The van der Waals surface area contributed by atoms with Crippen molar-refractivity contribution in [3.05, 3.63) is 84.7 Å². The molecule has 1 aromatic heterocycles. The standard InChI is InChI=1S/C22H19N3O2/c1-16-23-20-9-5-6-10-21(20)25(16)15-22(26)24-17-11-13-19(14-12-17)27-18-7-3-2-4-8-18/h2-14H,15H2,1H3,(H,24,26). The van der Waals surface area contributed by atoms with E-state index in [-0.39, 0.29) is 12.5 Å². The van der Waals surface area contributed by atoms with Gasteiger partial charge < -0.3 is 14.6 Å². The number of carbonyl (C=O) groups is 1. The van der Waals surface area contributed by atoms with E-state index in [1.54, 1.807) is 0 Å². The third-order valence-corrected chi connectivity index (χ3v) is 4.26. The highest BCUT2D eigenvalue weighted by Gasteiger charge is 2.11. The van der Waals surface area contributed by atoms with Crippen LogP contribution in [0.3, 0.4) is 0 Å². The molecule has 0 saturated carbocycles. The third kappa shape index (κ3) is 3.82. The summed E-state index contributed by atoms with van der Waals surface area (Å²) >= 11 is 0. The molecule has 134 valence electrons. The first-order valence-corrected chi connectivity index (χ1v) is 8.74. The number of nitrogens with one attached hydrogen (secondary N) is 1. The van der Waals surface area contributed by atoms with Crippen LogP contribution in [-0.2, 0) is 11.3 Å². The molecule has 0 aliphatic rings. The number of hydrogen-bond donors (Lipinski definition) is 1. The van der Waals surface area contributed by atoms with Gasteiger partial charge in [0.05, 0.1) is 11.0 Å². The van der Waals surface area contributed by atoms with Crippen LogP contribution in [0.25, 0.3) is 11.0 Å². The number of ether oxygens (including phenoxy) is 1. The van der Waals surface area contributed by atoms with E-state index < -0.39 is 0 Å². The molecule has 5 nitrogen and oxygen atoms in total. The first-order chi connectivity index (χ1) is 13.2. The van der Waals surface area contributed by atoms with Gasteiger partial charge in [-0.05, 0) is 55.5 Å². The van der Waals surface area contributed by atoms with E-state index >= 15 is 0 Å². The number of aromatic nitrogens is 2. The number of carbonyl (C=O) groups excluding carboxylic acids is 1. The molecule has 0 aliphatic carbocycles. The maximum Gasteiger partial charge on any atom is 0.244 e. The molecule has 0 saturated heterocycles. The molecule has 0 aliphatic heterocycles. The zero-order valence-electron chi connectivity index (χ0n) is 14.9. The zero-order chi connectivity index (χ0) is 18.6. The summed E-state index contributed by atoms with van der Waals surface area (Å²) in [4.78, 5) is 17.0. The summed E-state index contributed by atoms with van der Waals surface area (Å²) in [5, 5.41) is 2.92. The molecule has 1 N–H and O–H groups in total. The lowest BCUT2D eigenvalue weighted by Crippen LogP contribution is -2.19. The second kappa shape index (κ2) is 7.33. The number of aryl methyl sites for hydroxylation is 1. The Kier molecular flexibility index (Phi) is 4.58. The average molecular weight is 357 g/mol. The molecule has 1 amide bonds. The Balaban J connectivity index is 1.43. The van der Waals surface area contributed by atoms with Crippen molar-refractivity contribution >= 4 is 22.6 Å². The van der Waals surface area contributed by atoms with Gasteiger partial charge in [-0.1, -0.05) is 30.3 Å². The van der Waals surface area contributed by atoms with E-state index in [0.29, 0.717) is 0 Å². The fraction of sp³-hybridized carbons (Fsp3) is 0.0909. The molecule has 3 aromatic carbocycles. The first kappa shape index (κ1) is 16.8. The smallest absolute Gasteiger partial charge is 0.244 e. The molecule has 0 fully saturated rings. The molecular formula is C22H19N3O2. The monoisotopic (exact) mass is 357 g/mol. The van der Waals surface area contributed by atoms with Gasteiger partial charge in [-0.25, -0.2) is 4.98 Å². The summed E-state index contributed by atoms with van der Waals surface area (Å²) in [5.74, 6) is 2.21. The molecule has 4 rings (SSSR count). The molecular weight excluding hydrogens is 338 g/mol. The van der Waals surface area contributed by atoms with Gasteiger partial charge in [0.2, 0.25) is 5.91 Å². The lowest BCUT2D eigenvalue weighted by molar-refractivity contribution is -0.116. The lowest BCUT2D eigenvalue weighted by atomic mass is 10.3. The van der Waals surface area contributed by atoms with Crippen molar-refractivity contribution in [1.29, 1.82) is 0 Å². The molecule has 4 aromatic rings. The van der Waals surface area contributed by atoms with Crippen molar-refractivity contribution < 1.29 is 9.53 Å². The minimum atomic E-state index is -0.0991. The summed E-state index contributed by atoms with van der Waals surface area (Å²) in [7, 11) is 0. The Morgan fingerprint density at radius 3 is 2.37 bits per heavy atom. The van der Waals surface area contributed by atoms with Crippen molar-refractivity contribution in [2.45, 2.75) is 13.5 Å². The van der Waals surface area contributed by atoms with Crippen molar-refractivity contribution in [2.24, 2.45) is 0 Å². The third-order valence-electron chi connectivity index (χ3n) is 4.26. The predicted octanol–water partition coefficient (Wildman–Crippen LogP) is 4.78. The summed E-state index contributed by atoms with van der Waals surface area (Å²) in [6.07, 6.45) is 0. The van der Waals surface area contributed by atoms with Crippen LogP contribution in [0.15, 0.2) is 78.9 Å². The fourth-order valence-electron chi connectivity index (χ4n) is 2.97. The molecule has 0 atom stereocenters. The number of nitrogens with zero attached hydrogens (tertiary/aromatic N) is 2. The van der Waals surface area contributed by atoms with Crippen LogP contribution in [-0.4, -0.2) is 15.5 Å². The van der Waals surface area contributed by atoms with Gasteiger partial charge >= 0.3 is 0 Å². The van der Waals surface area contributed by atoms with Crippen LogP contribution in [0.1, 0.15) is 5.82 Å². The number of fused-ring (bicyclic) bond motifs is 1. The van der Waals surface area contributed by atoms with Gasteiger partial charge in [-0.2, -0.15) is 0 Å². The van der Waals surface area contributed by atoms with Gasteiger partial charge in [-0.15, -0.1) is 0 Å². The number of imidazole rings is 1. The van der Waals surface area contributed by atoms with Crippen molar-refractivity contribution in [3.63, 3.8) is 0 Å². The highest BCUT2D eigenvalue weighted by molar-refractivity contribution is 5.91. The van der Waals surface area contributed by atoms with Crippen LogP contribution in [0, 0.1) is 6.92 Å². The van der Waals surface area contributed by atoms with E-state index in [1.165, 1.54) is 0 Å². The Morgan fingerprint density at radius 1 is 0.926 bits per heavy atom. The van der Waals surface area contributed by atoms with Crippen molar-refractivity contribution in [2.75, 3.05) is 5.32 Å². The summed E-state index contributed by atoms with van der Waals surface area (Å²) in [5.41, 5.74) is 2.57. The van der Waals surface area contributed by atoms with Gasteiger partial charge in [0, 0.05) is 5.69 Å². The molecule has 0 radical (unpaired) electrons. The SMILES string of the molecule is Cc1nc2ccccc2n1CC(=O)Nc1ccc(Oc2ccccc2)cc1. The number of hydrogen-bond acceptors (Lipinski definition) is 3. The van der Waals surface area contributed by atoms with Gasteiger partial charge in [-0.3, -0.25) is 4.79 Å². The fourth-order valence-corrected chi connectivity index (χ4v) is 2.97. The quantitative estimate of drug-likeness (QED) is 0.559. The van der Waals surface area contributed by atoms with Crippen LogP contribution in [0.5, 0.6) is 11.5 Å². The largest absolute Gasteiger partial charge is 0.457 e. The minimum Gasteiger partial charge on any atom is -0.457 e. The Morgan fingerprint density at radius 2 is 1.59 bits per heavy atom. The topological polar surface area (TPSA) is 56.2 Å². The predicted molar refractivity (Wildman–Crippen MR) is 106 cm³/mol. The molecule has 1 heterocycles. The van der Waals surface area contributed by atoms with Gasteiger partial charge in [0.15, 0.2) is 0 Å². The second-order valence-electron chi connectivity index (χ2n) is 6.22.